The van der Waals surface area contributed by atoms with Crippen molar-refractivity contribution < 1.29 is 4.74 Å². The molecule has 5 heteroatoms. The summed E-state index contributed by atoms with van der Waals surface area (Å²) in [6, 6.07) is 0. The van der Waals surface area contributed by atoms with Gasteiger partial charge in [-0.1, -0.05) is 18.5 Å². The van der Waals surface area contributed by atoms with Crippen LogP contribution in [0.5, 0.6) is 0 Å². The van der Waals surface area contributed by atoms with E-state index in [1.165, 1.54) is 0 Å². The summed E-state index contributed by atoms with van der Waals surface area (Å²) >= 11 is 6.28. The zero-order valence-electron chi connectivity index (χ0n) is 12.5. The summed E-state index contributed by atoms with van der Waals surface area (Å²) in [7, 11) is 1.94. The van der Waals surface area contributed by atoms with Crippen molar-refractivity contribution in [3.05, 3.63) is 16.4 Å². The standard InChI is InChI=1S/C14H26ClN3O/c1-5-12-14(15)13(18(4)17-12)10-16-8-6-7-9-19-11(2)3/h11,16H,5-10H2,1-4H3. The van der Waals surface area contributed by atoms with Gasteiger partial charge in [-0.25, -0.2) is 0 Å². The molecule has 1 rings (SSSR count). The Morgan fingerprint density at radius 2 is 2.11 bits per heavy atom. The SMILES string of the molecule is CCc1nn(C)c(CNCCCCOC(C)C)c1Cl. The molecule has 19 heavy (non-hydrogen) atoms. The van der Waals surface area contributed by atoms with Gasteiger partial charge in [0, 0.05) is 20.2 Å². The summed E-state index contributed by atoms with van der Waals surface area (Å²) in [5.74, 6) is 0. The molecule has 0 radical (unpaired) electrons. The third-order valence-electron chi connectivity index (χ3n) is 2.99. The number of hydrogen-bond acceptors (Lipinski definition) is 3. The molecule has 0 amide bonds. The van der Waals surface area contributed by atoms with Crippen LogP contribution >= 0.6 is 11.6 Å². The van der Waals surface area contributed by atoms with E-state index in [4.69, 9.17) is 16.3 Å². The third kappa shape index (κ3) is 5.51. The first kappa shape index (κ1) is 16.5. The van der Waals surface area contributed by atoms with Gasteiger partial charge in [-0.3, -0.25) is 4.68 Å². The summed E-state index contributed by atoms with van der Waals surface area (Å²) < 4.78 is 7.37. The first-order chi connectivity index (χ1) is 9.06. The Labute approximate surface area is 121 Å². The number of nitrogens with zero attached hydrogens (tertiary/aromatic N) is 2. The van der Waals surface area contributed by atoms with Crippen LogP contribution in [0.2, 0.25) is 5.02 Å². The third-order valence-corrected chi connectivity index (χ3v) is 3.43. The van der Waals surface area contributed by atoms with Gasteiger partial charge in [0.25, 0.3) is 0 Å². The first-order valence-electron chi connectivity index (χ1n) is 7.08. The van der Waals surface area contributed by atoms with Crippen LogP contribution in [0.4, 0.5) is 0 Å². The van der Waals surface area contributed by atoms with Crippen molar-refractivity contribution in [3.8, 4) is 0 Å². The van der Waals surface area contributed by atoms with Crippen molar-refractivity contribution in [3.63, 3.8) is 0 Å². The number of aryl methyl sites for hydroxylation is 2. The smallest absolute Gasteiger partial charge is 0.0863 e. The minimum atomic E-state index is 0.327. The molecule has 0 fully saturated rings. The molecule has 0 saturated carbocycles. The fourth-order valence-corrected chi connectivity index (χ4v) is 2.25. The highest BCUT2D eigenvalue weighted by molar-refractivity contribution is 6.31. The Kier molecular flexibility index (Phi) is 7.42. The number of hydrogen-bond donors (Lipinski definition) is 1. The Hall–Kier alpha value is -0.580. The van der Waals surface area contributed by atoms with Gasteiger partial charge in [-0.15, -0.1) is 0 Å². The van der Waals surface area contributed by atoms with E-state index in [0.717, 1.165) is 55.4 Å². The largest absolute Gasteiger partial charge is 0.379 e. The van der Waals surface area contributed by atoms with E-state index in [-0.39, 0.29) is 0 Å². The number of halogens is 1. The lowest BCUT2D eigenvalue weighted by Crippen LogP contribution is -2.18. The normalized spacial score (nSPS) is 11.5. The van der Waals surface area contributed by atoms with Crippen molar-refractivity contribution in [1.82, 2.24) is 15.1 Å². The topological polar surface area (TPSA) is 39.1 Å². The summed E-state index contributed by atoms with van der Waals surface area (Å²) in [6.45, 7) is 8.78. The lowest BCUT2D eigenvalue weighted by molar-refractivity contribution is 0.0760. The second-order valence-electron chi connectivity index (χ2n) is 4.99. The van der Waals surface area contributed by atoms with Crippen molar-refractivity contribution >= 4 is 11.6 Å². The van der Waals surface area contributed by atoms with E-state index in [2.05, 4.69) is 31.2 Å². The van der Waals surface area contributed by atoms with Crippen molar-refractivity contribution in [2.45, 2.75) is 52.7 Å². The van der Waals surface area contributed by atoms with Crippen LogP contribution in [0.3, 0.4) is 0 Å². The highest BCUT2D eigenvalue weighted by atomic mass is 35.5. The van der Waals surface area contributed by atoms with Gasteiger partial charge < -0.3 is 10.1 Å². The lowest BCUT2D eigenvalue weighted by atomic mass is 10.3. The minimum Gasteiger partial charge on any atom is -0.379 e. The van der Waals surface area contributed by atoms with Crippen LogP contribution in [0.15, 0.2) is 0 Å². The Morgan fingerprint density at radius 1 is 1.37 bits per heavy atom. The van der Waals surface area contributed by atoms with Crippen molar-refractivity contribution in [2.75, 3.05) is 13.2 Å². The van der Waals surface area contributed by atoms with E-state index >= 15 is 0 Å². The molecule has 1 aromatic heterocycles. The second kappa shape index (κ2) is 8.56. The average molecular weight is 288 g/mol. The first-order valence-corrected chi connectivity index (χ1v) is 7.46. The van der Waals surface area contributed by atoms with Gasteiger partial charge in [0.2, 0.25) is 0 Å². The molecular weight excluding hydrogens is 262 g/mol. The summed E-state index contributed by atoms with van der Waals surface area (Å²) in [5, 5.41) is 8.62. The molecule has 0 aliphatic rings. The lowest BCUT2D eigenvalue weighted by Gasteiger charge is -2.08. The van der Waals surface area contributed by atoms with Crippen LogP contribution in [0.25, 0.3) is 0 Å². The van der Waals surface area contributed by atoms with Crippen LogP contribution < -0.4 is 5.32 Å². The molecule has 110 valence electrons. The van der Waals surface area contributed by atoms with E-state index in [0.29, 0.717) is 6.10 Å². The van der Waals surface area contributed by atoms with Crippen LogP contribution in [0.1, 0.15) is 45.0 Å². The zero-order valence-corrected chi connectivity index (χ0v) is 13.3. The maximum Gasteiger partial charge on any atom is 0.0863 e. The van der Waals surface area contributed by atoms with Gasteiger partial charge in [0.1, 0.15) is 0 Å². The molecule has 1 aromatic rings. The Bertz CT molecular complexity index is 377. The maximum absolute atomic E-state index is 6.28. The van der Waals surface area contributed by atoms with E-state index in [1.807, 2.05) is 11.7 Å². The zero-order chi connectivity index (χ0) is 14.3. The molecule has 0 aromatic carbocycles. The number of ether oxygens (including phenoxy) is 1. The molecule has 0 atom stereocenters. The molecular formula is C14H26ClN3O. The molecule has 1 N–H and O–H groups in total. The summed E-state index contributed by atoms with van der Waals surface area (Å²) in [4.78, 5) is 0. The van der Waals surface area contributed by atoms with Gasteiger partial charge in [0.05, 0.1) is 22.5 Å². The monoisotopic (exact) mass is 287 g/mol. The number of rotatable bonds is 9. The minimum absolute atomic E-state index is 0.327. The fourth-order valence-electron chi connectivity index (χ4n) is 1.89. The Morgan fingerprint density at radius 3 is 2.68 bits per heavy atom. The predicted octanol–water partition coefficient (Wildman–Crippen LogP) is 2.93. The molecule has 0 unspecified atom stereocenters. The van der Waals surface area contributed by atoms with Gasteiger partial charge in [-0.2, -0.15) is 5.10 Å². The molecule has 1 heterocycles. The van der Waals surface area contributed by atoms with Crippen LogP contribution in [0, 0.1) is 0 Å². The van der Waals surface area contributed by atoms with Gasteiger partial charge in [0.15, 0.2) is 0 Å². The molecule has 0 saturated heterocycles. The van der Waals surface area contributed by atoms with E-state index in [1.54, 1.807) is 0 Å². The second-order valence-corrected chi connectivity index (χ2v) is 5.37. The van der Waals surface area contributed by atoms with Crippen molar-refractivity contribution in [2.24, 2.45) is 7.05 Å². The number of nitrogens with one attached hydrogen (secondary N) is 1. The van der Waals surface area contributed by atoms with Crippen LogP contribution in [-0.4, -0.2) is 29.0 Å². The maximum atomic E-state index is 6.28. The summed E-state index contributed by atoms with van der Waals surface area (Å²) in [6.07, 6.45) is 3.40. The molecule has 4 nitrogen and oxygen atoms in total. The quantitative estimate of drug-likeness (QED) is 0.710. The predicted molar refractivity (Wildman–Crippen MR) is 79.6 cm³/mol. The van der Waals surface area contributed by atoms with Gasteiger partial charge >= 0.3 is 0 Å². The molecule has 0 aliphatic carbocycles. The number of aromatic nitrogens is 2. The Balaban J connectivity index is 2.21. The van der Waals surface area contributed by atoms with Crippen molar-refractivity contribution in [1.29, 1.82) is 0 Å². The number of unbranched alkanes of at least 4 members (excludes halogenated alkanes) is 1. The molecule has 0 bridgehead atoms. The highest BCUT2D eigenvalue weighted by Gasteiger charge is 2.11. The highest BCUT2D eigenvalue weighted by Crippen LogP contribution is 2.20. The van der Waals surface area contributed by atoms with Crippen LogP contribution in [-0.2, 0) is 24.8 Å². The summed E-state index contributed by atoms with van der Waals surface area (Å²) in [5.41, 5.74) is 2.04. The fraction of sp³-hybridized carbons (Fsp3) is 0.786. The molecule has 0 aliphatic heterocycles. The molecule has 0 spiro atoms. The van der Waals surface area contributed by atoms with E-state index in [9.17, 15) is 0 Å². The van der Waals surface area contributed by atoms with Gasteiger partial charge in [-0.05, 0) is 39.7 Å². The van der Waals surface area contributed by atoms with E-state index < -0.39 is 0 Å². The average Bonchev–Trinajstić information content (AvgIpc) is 2.64.